The molecule has 0 saturated heterocycles. The highest BCUT2D eigenvalue weighted by atomic mass is 35.5. The van der Waals surface area contributed by atoms with Crippen LogP contribution >= 0.6 is 11.6 Å². The molecule has 1 aromatic rings. The van der Waals surface area contributed by atoms with Gasteiger partial charge in [-0.05, 0) is 37.6 Å². The summed E-state index contributed by atoms with van der Waals surface area (Å²) in [6, 6.07) is 4.55. The monoisotopic (exact) mass is 253 g/mol. The van der Waals surface area contributed by atoms with Crippen molar-refractivity contribution in [2.75, 3.05) is 6.54 Å². The molecule has 0 aliphatic rings. The Balaban J connectivity index is 2.86. The maximum Gasteiger partial charge on any atom is 0.128 e. The fourth-order valence-electron chi connectivity index (χ4n) is 1.70. The van der Waals surface area contributed by atoms with Gasteiger partial charge in [-0.15, -0.1) is 12.3 Å². The van der Waals surface area contributed by atoms with E-state index in [1.165, 1.54) is 6.07 Å². The minimum atomic E-state index is -0.236. The lowest BCUT2D eigenvalue weighted by molar-refractivity contribution is 0.478. The Morgan fingerprint density at radius 2 is 2.29 bits per heavy atom. The van der Waals surface area contributed by atoms with E-state index in [9.17, 15) is 4.39 Å². The van der Waals surface area contributed by atoms with E-state index in [1.54, 1.807) is 12.1 Å². The largest absolute Gasteiger partial charge is 0.310 e. The molecule has 1 N–H and O–H groups in total. The van der Waals surface area contributed by atoms with Crippen LogP contribution in [0.1, 0.15) is 37.8 Å². The van der Waals surface area contributed by atoms with Crippen molar-refractivity contribution in [2.24, 2.45) is 0 Å². The fraction of sp³-hybridized carbons (Fsp3) is 0.429. The van der Waals surface area contributed by atoms with Crippen LogP contribution in [-0.4, -0.2) is 6.54 Å². The van der Waals surface area contributed by atoms with Crippen molar-refractivity contribution in [2.45, 2.75) is 32.2 Å². The Kier molecular flexibility index (Phi) is 6.04. The number of hydrogen-bond donors (Lipinski definition) is 1. The zero-order chi connectivity index (χ0) is 12.7. The zero-order valence-corrected chi connectivity index (χ0v) is 10.7. The summed E-state index contributed by atoms with van der Waals surface area (Å²) in [7, 11) is 0. The minimum Gasteiger partial charge on any atom is -0.310 e. The highest BCUT2D eigenvalue weighted by molar-refractivity contribution is 6.30. The topological polar surface area (TPSA) is 12.0 Å². The number of rotatable bonds is 6. The molecule has 0 bridgehead atoms. The molecular weight excluding hydrogens is 237 g/mol. The standard InChI is InChI=1S/C14H17ClFN/c1-3-5-6-14(17-9-4-2)12-10-11(15)7-8-13(12)16/h1,7-8,10,14,17H,4-6,9H2,2H3. The maximum absolute atomic E-state index is 13.7. The molecular formula is C14H17ClFN. The molecule has 0 aliphatic heterocycles. The van der Waals surface area contributed by atoms with Gasteiger partial charge in [0.05, 0.1) is 0 Å². The van der Waals surface area contributed by atoms with E-state index < -0.39 is 0 Å². The molecule has 0 aliphatic carbocycles. The van der Waals surface area contributed by atoms with Crippen LogP contribution in [0.4, 0.5) is 4.39 Å². The molecule has 1 aromatic carbocycles. The average Bonchev–Trinajstić information content (AvgIpc) is 2.33. The molecule has 0 amide bonds. The van der Waals surface area contributed by atoms with E-state index >= 15 is 0 Å². The van der Waals surface area contributed by atoms with Crippen LogP contribution in [0.2, 0.25) is 5.02 Å². The van der Waals surface area contributed by atoms with E-state index in [0.717, 1.165) is 13.0 Å². The normalized spacial score (nSPS) is 12.1. The van der Waals surface area contributed by atoms with Crippen LogP contribution in [0.5, 0.6) is 0 Å². The second kappa shape index (κ2) is 7.32. The minimum absolute atomic E-state index is 0.0651. The molecule has 1 atom stereocenters. The van der Waals surface area contributed by atoms with Gasteiger partial charge in [-0.25, -0.2) is 4.39 Å². The lowest BCUT2D eigenvalue weighted by Crippen LogP contribution is -2.23. The molecule has 1 rings (SSSR count). The highest BCUT2D eigenvalue weighted by Crippen LogP contribution is 2.24. The van der Waals surface area contributed by atoms with Gasteiger partial charge in [0.1, 0.15) is 5.82 Å². The van der Waals surface area contributed by atoms with Crippen molar-refractivity contribution in [1.82, 2.24) is 5.32 Å². The Labute approximate surface area is 107 Å². The van der Waals surface area contributed by atoms with E-state index in [2.05, 4.69) is 18.2 Å². The first-order chi connectivity index (χ1) is 8.19. The third-order valence-corrected chi connectivity index (χ3v) is 2.79. The molecule has 1 nitrogen and oxygen atoms in total. The van der Waals surface area contributed by atoms with Crippen molar-refractivity contribution >= 4 is 11.6 Å². The summed E-state index contributed by atoms with van der Waals surface area (Å²) in [4.78, 5) is 0. The number of terminal acetylenes is 1. The molecule has 3 heteroatoms. The maximum atomic E-state index is 13.7. The van der Waals surface area contributed by atoms with Gasteiger partial charge in [0.15, 0.2) is 0 Å². The molecule has 0 heterocycles. The van der Waals surface area contributed by atoms with Crippen LogP contribution in [0, 0.1) is 18.2 Å². The average molecular weight is 254 g/mol. The van der Waals surface area contributed by atoms with Crippen molar-refractivity contribution in [1.29, 1.82) is 0 Å². The smallest absolute Gasteiger partial charge is 0.128 e. The van der Waals surface area contributed by atoms with Crippen molar-refractivity contribution < 1.29 is 4.39 Å². The van der Waals surface area contributed by atoms with Gasteiger partial charge in [0, 0.05) is 23.0 Å². The van der Waals surface area contributed by atoms with Crippen LogP contribution in [-0.2, 0) is 0 Å². The first-order valence-electron chi connectivity index (χ1n) is 5.80. The first-order valence-corrected chi connectivity index (χ1v) is 6.18. The first kappa shape index (κ1) is 14.0. The summed E-state index contributed by atoms with van der Waals surface area (Å²) < 4.78 is 13.7. The lowest BCUT2D eigenvalue weighted by atomic mass is 10.0. The predicted molar refractivity (Wildman–Crippen MR) is 70.5 cm³/mol. The van der Waals surface area contributed by atoms with Gasteiger partial charge < -0.3 is 5.32 Å². The molecule has 0 radical (unpaired) electrons. The van der Waals surface area contributed by atoms with Crippen LogP contribution in [0.15, 0.2) is 18.2 Å². The van der Waals surface area contributed by atoms with Gasteiger partial charge in [-0.1, -0.05) is 18.5 Å². The summed E-state index contributed by atoms with van der Waals surface area (Å²) in [6.45, 7) is 2.90. The third kappa shape index (κ3) is 4.38. The van der Waals surface area contributed by atoms with Gasteiger partial charge in [0.2, 0.25) is 0 Å². The Morgan fingerprint density at radius 1 is 1.53 bits per heavy atom. The van der Waals surface area contributed by atoms with E-state index in [-0.39, 0.29) is 11.9 Å². The fourth-order valence-corrected chi connectivity index (χ4v) is 1.88. The highest BCUT2D eigenvalue weighted by Gasteiger charge is 2.14. The van der Waals surface area contributed by atoms with Gasteiger partial charge in [-0.3, -0.25) is 0 Å². The lowest BCUT2D eigenvalue weighted by Gasteiger charge is -2.18. The van der Waals surface area contributed by atoms with Crippen molar-refractivity contribution in [3.8, 4) is 12.3 Å². The molecule has 92 valence electrons. The Bertz CT molecular complexity index is 398. The summed E-state index contributed by atoms with van der Waals surface area (Å²) in [5.41, 5.74) is 0.598. The number of benzene rings is 1. The Morgan fingerprint density at radius 3 is 2.94 bits per heavy atom. The predicted octanol–water partition coefficient (Wildman–Crippen LogP) is 3.93. The molecule has 1 unspecified atom stereocenters. The molecule has 17 heavy (non-hydrogen) atoms. The molecule has 0 saturated carbocycles. The summed E-state index contributed by atoms with van der Waals surface area (Å²) >= 11 is 5.89. The van der Waals surface area contributed by atoms with Crippen LogP contribution in [0.3, 0.4) is 0 Å². The molecule has 0 spiro atoms. The van der Waals surface area contributed by atoms with Crippen molar-refractivity contribution in [3.05, 3.63) is 34.6 Å². The second-order valence-electron chi connectivity index (χ2n) is 3.92. The summed E-state index contributed by atoms with van der Waals surface area (Å²) in [5.74, 6) is 2.35. The quantitative estimate of drug-likeness (QED) is 0.758. The van der Waals surface area contributed by atoms with Gasteiger partial charge >= 0.3 is 0 Å². The van der Waals surface area contributed by atoms with E-state index in [1.807, 2.05) is 0 Å². The number of hydrogen-bond acceptors (Lipinski definition) is 1. The molecule has 0 aromatic heterocycles. The van der Waals surface area contributed by atoms with Crippen LogP contribution < -0.4 is 5.32 Å². The molecule has 0 fully saturated rings. The summed E-state index contributed by atoms with van der Waals surface area (Å²) in [6.07, 6.45) is 7.58. The van der Waals surface area contributed by atoms with Crippen molar-refractivity contribution in [3.63, 3.8) is 0 Å². The Hall–Kier alpha value is -1.04. The number of nitrogens with one attached hydrogen (secondary N) is 1. The zero-order valence-electron chi connectivity index (χ0n) is 9.97. The van der Waals surface area contributed by atoms with Gasteiger partial charge in [-0.2, -0.15) is 0 Å². The number of halogens is 2. The van der Waals surface area contributed by atoms with Gasteiger partial charge in [0.25, 0.3) is 0 Å². The third-order valence-electron chi connectivity index (χ3n) is 2.55. The van der Waals surface area contributed by atoms with Crippen LogP contribution in [0.25, 0.3) is 0 Å². The SMILES string of the molecule is C#CCCC(NCCC)c1cc(Cl)ccc1F. The second-order valence-corrected chi connectivity index (χ2v) is 4.35. The summed E-state index contributed by atoms with van der Waals surface area (Å²) in [5, 5.41) is 3.84. The van der Waals surface area contributed by atoms with E-state index in [0.29, 0.717) is 23.4 Å². The van der Waals surface area contributed by atoms with E-state index in [4.69, 9.17) is 18.0 Å².